The van der Waals surface area contributed by atoms with E-state index in [-0.39, 0.29) is 12.3 Å². The van der Waals surface area contributed by atoms with Gasteiger partial charge in [0.2, 0.25) is 0 Å². The van der Waals surface area contributed by atoms with Gasteiger partial charge < -0.3 is 14.8 Å². The van der Waals surface area contributed by atoms with Crippen LogP contribution in [0, 0.1) is 6.92 Å². The number of nitrogens with one attached hydrogen (secondary N) is 1. The minimum Gasteiger partial charge on any atom is -0.490 e. The number of benzene rings is 2. The molecule has 0 unspecified atom stereocenters. The summed E-state index contributed by atoms with van der Waals surface area (Å²) in [5.41, 5.74) is 0.151. The van der Waals surface area contributed by atoms with Gasteiger partial charge in [-0.25, -0.2) is 4.79 Å². The third-order valence-corrected chi connectivity index (χ3v) is 7.31. The molecule has 1 fully saturated rings. The maximum atomic E-state index is 13.3. The molecule has 2 aromatic carbocycles. The summed E-state index contributed by atoms with van der Waals surface area (Å²) in [4.78, 5) is 40.7. The van der Waals surface area contributed by atoms with Crippen molar-refractivity contribution in [2.75, 3.05) is 19.8 Å². The van der Waals surface area contributed by atoms with Crippen LogP contribution in [0.2, 0.25) is 0 Å². The summed E-state index contributed by atoms with van der Waals surface area (Å²) in [5.74, 6) is 0.428. The lowest BCUT2D eigenvalue weighted by atomic mass is 9.91. The molecule has 3 aromatic rings. The summed E-state index contributed by atoms with van der Waals surface area (Å²) in [6.45, 7) is 4.30. The number of amides is 3. The van der Waals surface area contributed by atoms with E-state index in [1.165, 1.54) is 11.3 Å². The Kier molecular flexibility index (Phi) is 4.89. The molecule has 0 spiro atoms. The zero-order valence-electron chi connectivity index (χ0n) is 17.8. The van der Waals surface area contributed by atoms with E-state index in [0.29, 0.717) is 35.2 Å². The third-order valence-electron chi connectivity index (χ3n) is 6.00. The molecule has 0 saturated carbocycles. The van der Waals surface area contributed by atoms with Crippen LogP contribution >= 0.6 is 11.3 Å². The molecule has 3 amide bonds. The van der Waals surface area contributed by atoms with Gasteiger partial charge in [-0.2, -0.15) is 0 Å². The van der Waals surface area contributed by atoms with E-state index in [4.69, 9.17) is 9.47 Å². The number of rotatable bonds is 4. The monoisotopic (exact) mass is 450 g/mol. The fraction of sp³-hybridized carbons (Fsp3) is 0.292. The summed E-state index contributed by atoms with van der Waals surface area (Å²) in [7, 11) is 0. The summed E-state index contributed by atoms with van der Waals surface area (Å²) in [5, 5.41) is 3.77. The Balaban J connectivity index is 1.41. The Hall–Kier alpha value is -3.39. The molecule has 0 aliphatic carbocycles. The topological polar surface area (TPSA) is 84.9 Å². The number of urea groups is 1. The first kappa shape index (κ1) is 20.5. The maximum Gasteiger partial charge on any atom is 0.325 e. The SMILES string of the molecule is Cc1c(C(=O)CN2C(=O)N[C@@](C)(c3ccc4c(c3)OCCCO4)C2=O)sc2ccccc12. The van der Waals surface area contributed by atoms with Gasteiger partial charge in [0, 0.05) is 11.1 Å². The first-order chi connectivity index (χ1) is 15.4. The highest BCUT2D eigenvalue weighted by Gasteiger charge is 2.50. The second-order valence-electron chi connectivity index (χ2n) is 8.13. The van der Waals surface area contributed by atoms with Crippen molar-refractivity contribution in [1.82, 2.24) is 10.2 Å². The molecule has 3 heterocycles. The lowest BCUT2D eigenvalue weighted by molar-refractivity contribution is -0.130. The molecule has 5 rings (SSSR count). The van der Waals surface area contributed by atoms with Crippen molar-refractivity contribution in [2.24, 2.45) is 0 Å². The summed E-state index contributed by atoms with van der Waals surface area (Å²) in [6, 6.07) is 12.4. The van der Waals surface area contributed by atoms with E-state index in [2.05, 4.69) is 5.32 Å². The number of Topliss-reactive ketones (excluding diaryl/α,β-unsaturated/α-hetero) is 1. The number of hydrogen-bond acceptors (Lipinski definition) is 6. The van der Waals surface area contributed by atoms with Crippen LogP contribution in [0.25, 0.3) is 10.1 Å². The summed E-state index contributed by atoms with van der Waals surface area (Å²) < 4.78 is 12.4. The number of ketones is 1. The number of hydrogen-bond donors (Lipinski definition) is 1. The fourth-order valence-corrected chi connectivity index (χ4v) is 5.31. The normalized spacial score (nSPS) is 20.4. The quantitative estimate of drug-likeness (QED) is 0.479. The predicted octanol–water partition coefficient (Wildman–Crippen LogP) is 4.02. The Morgan fingerprint density at radius 3 is 2.66 bits per heavy atom. The number of aryl methyl sites for hydroxylation is 1. The first-order valence-corrected chi connectivity index (χ1v) is 11.3. The second kappa shape index (κ2) is 7.63. The highest BCUT2D eigenvalue weighted by molar-refractivity contribution is 7.21. The molecular formula is C24H22N2O5S. The van der Waals surface area contributed by atoms with Crippen LogP contribution in [-0.4, -0.2) is 42.4 Å². The molecule has 1 saturated heterocycles. The standard InChI is InChI=1S/C24H22N2O5S/c1-14-16-6-3-4-7-20(16)32-21(14)17(27)13-26-22(28)24(2,25-23(26)29)15-8-9-18-19(12-15)31-11-5-10-30-18/h3-4,6-9,12H,5,10-11,13H2,1-2H3,(H,25,29)/t24-/m0/s1. The molecule has 1 N–H and O–H groups in total. The van der Waals surface area contributed by atoms with Crippen molar-refractivity contribution in [3.05, 3.63) is 58.5 Å². The largest absolute Gasteiger partial charge is 0.490 e. The number of nitrogens with zero attached hydrogens (tertiary/aromatic N) is 1. The highest BCUT2D eigenvalue weighted by atomic mass is 32.1. The Morgan fingerprint density at radius 1 is 1.12 bits per heavy atom. The fourth-order valence-electron chi connectivity index (χ4n) is 4.17. The van der Waals surface area contributed by atoms with Crippen LogP contribution in [0.1, 0.15) is 34.1 Å². The van der Waals surface area contributed by atoms with Gasteiger partial charge in [-0.1, -0.05) is 24.3 Å². The molecule has 1 atom stereocenters. The third kappa shape index (κ3) is 3.22. The average Bonchev–Trinajstić information content (AvgIpc) is 3.10. The van der Waals surface area contributed by atoms with E-state index in [1.807, 2.05) is 31.2 Å². The van der Waals surface area contributed by atoms with Crippen molar-refractivity contribution in [2.45, 2.75) is 25.8 Å². The maximum absolute atomic E-state index is 13.3. The lowest BCUT2D eigenvalue weighted by Gasteiger charge is -2.23. The van der Waals surface area contributed by atoms with Crippen LogP contribution in [0.4, 0.5) is 4.79 Å². The van der Waals surface area contributed by atoms with Crippen molar-refractivity contribution in [3.63, 3.8) is 0 Å². The van der Waals surface area contributed by atoms with Gasteiger partial charge in [0.1, 0.15) is 5.54 Å². The molecule has 0 bridgehead atoms. The molecule has 32 heavy (non-hydrogen) atoms. The van der Waals surface area contributed by atoms with Crippen LogP contribution in [0.15, 0.2) is 42.5 Å². The molecule has 2 aliphatic heterocycles. The Labute approximate surface area is 188 Å². The number of carbonyl (C=O) groups excluding carboxylic acids is 3. The molecule has 164 valence electrons. The van der Waals surface area contributed by atoms with Crippen molar-refractivity contribution in [3.8, 4) is 11.5 Å². The number of fused-ring (bicyclic) bond motifs is 2. The van der Waals surface area contributed by atoms with Crippen LogP contribution in [0.5, 0.6) is 11.5 Å². The highest BCUT2D eigenvalue weighted by Crippen LogP contribution is 2.37. The summed E-state index contributed by atoms with van der Waals surface area (Å²) >= 11 is 1.38. The van der Waals surface area contributed by atoms with E-state index in [9.17, 15) is 14.4 Å². The van der Waals surface area contributed by atoms with Crippen molar-refractivity contribution in [1.29, 1.82) is 0 Å². The zero-order valence-corrected chi connectivity index (χ0v) is 18.6. The van der Waals surface area contributed by atoms with E-state index < -0.39 is 17.5 Å². The van der Waals surface area contributed by atoms with Gasteiger partial charge >= 0.3 is 6.03 Å². The molecule has 1 aromatic heterocycles. The van der Waals surface area contributed by atoms with Gasteiger partial charge in [-0.3, -0.25) is 14.5 Å². The first-order valence-electron chi connectivity index (χ1n) is 10.4. The minimum atomic E-state index is -1.29. The van der Waals surface area contributed by atoms with Crippen LogP contribution < -0.4 is 14.8 Å². The lowest BCUT2D eigenvalue weighted by Crippen LogP contribution is -2.41. The van der Waals surface area contributed by atoms with E-state index in [0.717, 1.165) is 27.0 Å². The number of imide groups is 1. The van der Waals surface area contributed by atoms with Gasteiger partial charge in [-0.05, 0) is 48.6 Å². The summed E-state index contributed by atoms with van der Waals surface area (Å²) in [6.07, 6.45) is 0.768. The van der Waals surface area contributed by atoms with E-state index in [1.54, 1.807) is 25.1 Å². The van der Waals surface area contributed by atoms with Gasteiger partial charge in [0.15, 0.2) is 17.3 Å². The van der Waals surface area contributed by atoms with Crippen LogP contribution in [-0.2, 0) is 10.3 Å². The van der Waals surface area contributed by atoms with Crippen LogP contribution in [0.3, 0.4) is 0 Å². The molecule has 2 aliphatic rings. The van der Waals surface area contributed by atoms with Gasteiger partial charge in [-0.15, -0.1) is 11.3 Å². The number of ether oxygens (including phenoxy) is 2. The number of thiophene rings is 1. The van der Waals surface area contributed by atoms with Gasteiger partial charge in [0.05, 0.1) is 24.6 Å². The zero-order chi connectivity index (χ0) is 22.5. The smallest absolute Gasteiger partial charge is 0.325 e. The molecule has 8 heteroatoms. The minimum absolute atomic E-state index is 0.255. The molecule has 0 radical (unpaired) electrons. The van der Waals surface area contributed by atoms with Gasteiger partial charge in [0.25, 0.3) is 5.91 Å². The number of carbonyl (C=O) groups is 3. The average molecular weight is 451 g/mol. The Morgan fingerprint density at radius 2 is 1.88 bits per heavy atom. The second-order valence-corrected chi connectivity index (χ2v) is 9.19. The van der Waals surface area contributed by atoms with E-state index >= 15 is 0 Å². The molecular weight excluding hydrogens is 428 g/mol. The Bertz CT molecular complexity index is 1270. The predicted molar refractivity (Wildman–Crippen MR) is 121 cm³/mol. The van der Waals surface area contributed by atoms with Crippen molar-refractivity contribution < 1.29 is 23.9 Å². The molecule has 7 nitrogen and oxygen atoms in total. The van der Waals surface area contributed by atoms with Crippen molar-refractivity contribution >= 4 is 39.1 Å².